The Morgan fingerprint density at radius 3 is 2.67 bits per heavy atom. The highest BCUT2D eigenvalue weighted by molar-refractivity contribution is 7.92. The summed E-state index contributed by atoms with van der Waals surface area (Å²) in [4.78, 5) is 11.9. The van der Waals surface area contributed by atoms with Gasteiger partial charge in [-0.1, -0.05) is 5.21 Å². The average Bonchev–Trinajstić information content (AvgIpc) is 3.23. The molecule has 2 aromatic rings. The first-order valence-corrected chi connectivity index (χ1v) is 12.7. The van der Waals surface area contributed by atoms with Crippen LogP contribution in [-0.4, -0.2) is 65.0 Å². The van der Waals surface area contributed by atoms with E-state index >= 15 is 0 Å². The third-order valence-electron chi connectivity index (χ3n) is 6.61. The summed E-state index contributed by atoms with van der Waals surface area (Å²) in [7, 11) is -3.22. The van der Waals surface area contributed by atoms with Crippen molar-refractivity contribution in [2.45, 2.75) is 60.1 Å². The molecule has 3 atom stereocenters. The molecule has 36 heavy (non-hydrogen) atoms. The molecule has 0 bridgehead atoms. The van der Waals surface area contributed by atoms with E-state index in [1.165, 1.54) is 19.4 Å². The summed E-state index contributed by atoms with van der Waals surface area (Å²) < 4.78 is 75.2. The predicted molar refractivity (Wildman–Crippen MR) is 117 cm³/mol. The Labute approximate surface area is 205 Å². The van der Waals surface area contributed by atoms with Crippen LogP contribution in [0.25, 0.3) is 5.69 Å². The molecule has 1 amide bonds. The maximum absolute atomic E-state index is 14.0. The van der Waals surface area contributed by atoms with E-state index in [1.807, 2.05) is 6.07 Å². The van der Waals surface area contributed by atoms with E-state index in [0.29, 0.717) is 24.6 Å². The van der Waals surface area contributed by atoms with Crippen LogP contribution in [0.15, 0.2) is 29.3 Å². The molecule has 2 aliphatic rings. The highest BCUT2D eigenvalue weighted by atomic mass is 32.2. The maximum Gasteiger partial charge on any atom is 0.417 e. The lowest BCUT2D eigenvalue weighted by molar-refractivity contribution is -0.140. The smallest absolute Gasteiger partial charge is 0.396 e. The highest BCUT2D eigenvalue weighted by Gasteiger charge is 2.51. The fourth-order valence-electron chi connectivity index (χ4n) is 4.43. The fraction of sp³-hybridized carbons (Fsp3) is 0.545. The van der Waals surface area contributed by atoms with Gasteiger partial charge in [0.25, 0.3) is 0 Å². The number of ether oxygens (including phenoxy) is 1. The van der Waals surface area contributed by atoms with E-state index in [9.17, 15) is 31.6 Å². The number of halogens is 3. The first-order valence-electron chi connectivity index (χ1n) is 11.2. The van der Waals surface area contributed by atoms with Crippen LogP contribution >= 0.6 is 0 Å². The second kappa shape index (κ2) is 9.45. The van der Waals surface area contributed by atoms with Gasteiger partial charge in [0.05, 0.1) is 51.4 Å². The number of sulfone groups is 1. The first-order chi connectivity index (χ1) is 16.9. The number of nitrogens with one attached hydrogen (secondary N) is 1. The lowest BCUT2D eigenvalue weighted by Gasteiger charge is -2.19. The van der Waals surface area contributed by atoms with E-state index in [1.54, 1.807) is 0 Å². The zero-order chi connectivity index (χ0) is 26.3. The molecule has 1 heterocycles. The van der Waals surface area contributed by atoms with Gasteiger partial charge in [-0.3, -0.25) is 4.79 Å². The molecule has 2 saturated carbocycles. The average molecular weight is 528 g/mol. The molecule has 0 aliphatic heterocycles. The Hall–Kier alpha value is -3.02. The van der Waals surface area contributed by atoms with Gasteiger partial charge in [-0.2, -0.15) is 18.4 Å². The molecule has 2 unspecified atom stereocenters. The third-order valence-corrected chi connectivity index (χ3v) is 8.85. The number of hydrogen-bond donors (Lipinski definition) is 2. The molecule has 1 aromatic carbocycles. The van der Waals surface area contributed by atoms with Crippen molar-refractivity contribution in [3.05, 3.63) is 35.7 Å². The Kier molecular flexibility index (Phi) is 6.84. The number of methoxy groups -OCH3 is 1. The van der Waals surface area contributed by atoms with Crippen LogP contribution in [0.4, 0.5) is 13.2 Å². The minimum atomic E-state index is -4.99. The highest BCUT2D eigenvalue weighted by Crippen LogP contribution is 2.42. The van der Waals surface area contributed by atoms with E-state index in [-0.39, 0.29) is 31.6 Å². The van der Waals surface area contributed by atoms with Gasteiger partial charge < -0.3 is 15.2 Å². The van der Waals surface area contributed by atoms with Crippen LogP contribution in [0.5, 0.6) is 0 Å². The van der Waals surface area contributed by atoms with Gasteiger partial charge >= 0.3 is 6.18 Å². The zero-order valence-electron chi connectivity index (χ0n) is 19.2. The number of rotatable bonds is 8. The van der Waals surface area contributed by atoms with E-state index in [0.717, 1.165) is 10.7 Å². The van der Waals surface area contributed by atoms with Crippen LogP contribution in [0.1, 0.15) is 36.9 Å². The lowest BCUT2D eigenvalue weighted by atomic mass is 10.0. The summed E-state index contributed by atoms with van der Waals surface area (Å²) in [6.45, 7) is -0.218. The van der Waals surface area contributed by atoms with Gasteiger partial charge in [-0.15, -0.1) is 5.10 Å². The van der Waals surface area contributed by atoms with Crippen molar-refractivity contribution in [3.8, 4) is 11.8 Å². The predicted octanol–water partition coefficient (Wildman–Crippen LogP) is 1.56. The molecule has 1 aromatic heterocycles. The molecule has 194 valence electrons. The molecule has 0 saturated heterocycles. The minimum absolute atomic E-state index is 0.0531. The topological polar surface area (TPSA) is 147 Å². The summed E-state index contributed by atoms with van der Waals surface area (Å²) in [6, 6.07) is 4.77. The van der Waals surface area contributed by atoms with Crippen molar-refractivity contribution in [2.75, 3.05) is 13.7 Å². The van der Waals surface area contributed by atoms with E-state index in [4.69, 9.17) is 9.84 Å². The van der Waals surface area contributed by atoms with Crippen molar-refractivity contribution in [2.24, 2.45) is 5.92 Å². The molecule has 2 N–H and O–H groups in total. The number of benzene rings is 1. The fourth-order valence-corrected chi connectivity index (χ4v) is 6.43. The second-order valence-corrected chi connectivity index (χ2v) is 11.2. The number of carbonyl (C=O) groups is 1. The minimum Gasteiger partial charge on any atom is -0.396 e. The van der Waals surface area contributed by atoms with Crippen molar-refractivity contribution in [1.82, 2.24) is 20.3 Å². The van der Waals surface area contributed by atoms with Crippen molar-refractivity contribution in [3.63, 3.8) is 0 Å². The molecule has 10 nitrogen and oxygen atoms in total. The Balaban J connectivity index is 1.64. The Morgan fingerprint density at radius 2 is 2.08 bits per heavy atom. The number of carbonyl (C=O) groups excluding carboxylic acids is 1. The van der Waals surface area contributed by atoms with Crippen molar-refractivity contribution >= 4 is 15.7 Å². The number of amides is 1. The Morgan fingerprint density at radius 1 is 1.36 bits per heavy atom. The van der Waals surface area contributed by atoms with Gasteiger partial charge in [0.2, 0.25) is 5.91 Å². The number of aliphatic hydroxyl groups excluding tert-OH is 1. The molecular formula is C22H24F3N5O5S. The number of nitriles is 1. The van der Waals surface area contributed by atoms with E-state index in [2.05, 4.69) is 15.6 Å². The molecule has 14 heteroatoms. The molecule has 2 aliphatic carbocycles. The second-order valence-electron chi connectivity index (χ2n) is 9.01. The van der Waals surface area contributed by atoms with Gasteiger partial charge in [-0.05, 0) is 43.9 Å². The number of alkyl halides is 3. The van der Waals surface area contributed by atoms with Gasteiger partial charge in [-0.25, -0.2) is 13.1 Å². The van der Waals surface area contributed by atoms with Crippen LogP contribution in [-0.2, 0) is 32.0 Å². The normalized spacial score (nSPS) is 23.3. The van der Waals surface area contributed by atoms with Gasteiger partial charge in [0, 0.05) is 20.1 Å². The quantitative estimate of drug-likeness (QED) is 0.526. The van der Waals surface area contributed by atoms with Crippen molar-refractivity contribution < 1.29 is 36.2 Å². The summed E-state index contributed by atoms with van der Waals surface area (Å²) in [6.07, 6.45) is -3.75. The summed E-state index contributed by atoms with van der Waals surface area (Å²) in [5, 5.41) is 27.1. The van der Waals surface area contributed by atoms with Crippen molar-refractivity contribution in [1.29, 1.82) is 5.26 Å². The van der Waals surface area contributed by atoms with Gasteiger partial charge in [0.15, 0.2) is 9.84 Å². The zero-order valence-corrected chi connectivity index (χ0v) is 20.0. The molecular weight excluding hydrogens is 503 g/mol. The molecule has 4 rings (SSSR count). The Bertz CT molecular complexity index is 1300. The van der Waals surface area contributed by atoms with Crippen LogP contribution < -0.4 is 5.32 Å². The maximum atomic E-state index is 14.0. The number of aliphatic hydroxyl groups is 1. The third kappa shape index (κ3) is 4.95. The lowest BCUT2D eigenvalue weighted by Crippen LogP contribution is -2.42. The van der Waals surface area contributed by atoms with Gasteiger partial charge in [0.1, 0.15) is 5.54 Å². The number of nitrogens with zero attached hydrogens (tertiary/aromatic N) is 4. The number of aromatic nitrogens is 3. The molecule has 0 radical (unpaired) electrons. The van der Waals surface area contributed by atoms with E-state index < -0.39 is 55.2 Å². The monoisotopic (exact) mass is 527 g/mol. The van der Waals surface area contributed by atoms with Crippen LogP contribution in [0.3, 0.4) is 0 Å². The standard InChI is InChI=1S/C22H24F3N5O5S/c1-35-18-10-15(9-16(18)20(32)27-21(12-26)5-6-21)36(33,34)19-3-2-14(8-17(19)22(23,24)25)30-11-13(4-7-31)28-29-30/h2-3,8,11,15-16,18,31H,4-7,9-10H2,1H3,(H,27,32)/t15?,16-,18?/m1/s1. The molecule has 0 spiro atoms. The summed E-state index contributed by atoms with van der Waals surface area (Å²) in [5.41, 5.74) is -2.03. The largest absolute Gasteiger partial charge is 0.417 e. The van der Waals surface area contributed by atoms with Crippen LogP contribution in [0, 0.1) is 17.2 Å². The summed E-state index contributed by atoms with van der Waals surface area (Å²) >= 11 is 0. The summed E-state index contributed by atoms with van der Waals surface area (Å²) in [5.74, 6) is -1.47. The molecule has 2 fully saturated rings. The number of hydrogen-bond acceptors (Lipinski definition) is 8. The first kappa shape index (κ1) is 26.1. The van der Waals surface area contributed by atoms with Crippen LogP contribution in [0.2, 0.25) is 0 Å². The SMILES string of the molecule is COC1CC(S(=O)(=O)c2ccc(-n3cc(CCO)nn3)cc2C(F)(F)F)C[C@H]1C(=O)NC1(C#N)CC1.